The van der Waals surface area contributed by atoms with Crippen LogP contribution in [0.4, 0.5) is 0 Å². The van der Waals surface area contributed by atoms with E-state index in [1.54, 1.807) is 24.7 Å². The van der Waals surface area contributed by atoms with Gasteiger partial charge in [0, 0.05) is 47.6 Å². The van der Waals surface area contributed by atoms with Crippen molar-refractivity contribution in [3.8, 4) is 11.6 Å². The second-order valence-electron chi connectivity index (χ2n) is 7.49. The highest BCUT2D eigenvalue weighted by molar-refractivity contribution is 9.10. The first kappa shape index (κ1) is 18.9. The fourth-order valence-electron chi connectivity index (χ4n) is 3.51. The van der Waals surface area contributed by atoms with E-state index in [4.69, 9.17) is 9.52 Å². The highest BCUT2D eigenvalue weighted by atomic mass is 79.9. The molecule has 8 heteroatoms. The SMILES string of the molecule is Cc1cnc(-c2nn(CC(C)C)c3c2CN(C(=O)c2cncc(Br)c2)CC3)o1. The van der Waals surface area contributed by atoms with Gasteiger partial charge in [0.1, 0.15) is 5.76 Å². The second-order valence-corrected chi connectivity index (χ2v) is 8.41. The number of nitrogens with zero attached hydrogens (tertiary/aromatic N) is 5. The van der Waals surface area contributed by atoms with Crippen molar-refractivity contribution in [3.63, 3.8) is 0 Å². The molecule has 3 aromatic heterocycles. The van der Waals surface area contributed by atoms with Gasteiger partial charge in [-0.2, -0.15) is 5.10 Å². The third kappa shape index (κ3) is 3.61. The van der Waals surface area contributed by atoms with Crippen molar-refractivity contribution in [3.05, 3.63) is 51.7 Å². The Morgan fingerprint density at radius 1 is 1.32 bits per heavy atom. The van der Waals surface area contributed by atoms with E-state index in [2.05, 4.69) is 44.4 Å². The summed E-state index contributed by atoms with van der Waals surface area (Å²) >= 11 is 3.38. The number of rotatable bonds is 4. The molecule has 4 heterocycles. The van der Waals surface area contributed by atoms with Crippen LogP contribution in [0.2, 0.25) is 0 Å². The van der Waals surface area contributed by atoms with E-state index in [1.165, 1.54) is 0 Å². The molecule has 4 rings (SSSR count). The van der Waals surface area contributed by atoms with Crippen LogP contribution in [-0.4, -0.2) is 37.1 Å². The molecule has 0 unspecified atom stereocenters. The van der Waals surface area contributed by atoms with Crippen LogP contribution >= 0.6 is 15.9 Å². The number of fused-ring (bicyclic) bond motifs is 1. The smallest absolute Gasteiger partial charge is 0.255 e. The highest BCUT2D eigenvalue weighted by Crippen LogP contribution is 2.31. The molecule has 1 aliphatic heterocycles. The monoisotopic (exact) mass is 443 g/mol. The largest absolute Gasteiger partial charge is 0.440 e. The molecule has 0 fully saturated rings. The summed E-state index contributed by atoms with van der Waals surface area (Å²) in [5, 5.41) is 4.80. The Kier molecular flexibility index (Phi) is 5.05. The first-order valence-corrected chi connectivity index (χ1v) is 10.1. The number of oxazole rings is 1. The second kappa shape index (κ2) is 7.50. The Balaban J connectivity index is 1.70. The lowest BCUT2D eigenvalue weighted by Gasteiger charge is -2.28. The summed E-state index contributed by atoms with van der Waals surface area (Å²) in [5.74, 6) is 1.68. The fourth-order valence-corrected chi connectivity index (χ4v) is 3.87. The molecule has 0 aliphatic carbocycles. The number of carbonyl (C=O) groups is 1. The van der Waals surface area contributed by atoms with Crippen LogP contribution in [0.5, 0.6) is 0 Å². The molecule has 7 nitrogen and oxygen atoms in total. The summed E-state index contributed by atoms with van der Waals surface area (Å²) in [5.41, 5.74) is 3.48. The normalized spacial score (nSPS) is 13.8. The first-order chi connectivity index (χ1) is 13.4. The number of hydrogen-bond donors (Lipinski definition) is 0. The zero-order valence-corrected chi connectivity index (χ0v) is 17.7. The molecular weight excluding hydrogens is 422 g/mol. The van der Waals surface area contributed by atoms with Gasteiger partial charge in [0.2, 0.25) is 5.89 Å². The summed E-state index contributed by atoms with van der Waals surface area (Å²) in [7, 11) is 0. The quantitative estimate of drug-likeness (QED) is 0.611. The number of aryl methyl sites for hydroxylation is 1. The van der Waals surface area contributed by atoms with Gasteiger partial charge in [-0.3, -0.25) is 14.5 Å². The van der Waals surface area contributed by atoms with Gasteiger partial charge in [-0.15, -0.1) is 0 Å². The predicted octanol–water partition coefficient (Wildman–Crippen LogP) is 3.86. The molecule has 0 saturated carbocycles. The van der Waals surface area contributed by atoms with Crippen LogP contribution < -0.4 is 0 Å². The lowest BCUT2D eigenvalue weighted by atomic mass is 10.0. The molecule has 1 aliphatic rings. The Morgan fingerprint density at radius 3 is 2.82 bits per heavy atom. The molecule has 0 spiro atoms. The maximum atomic E-state index is 13.0. The molecule has 0 atom stereocenters. The van der Waals surface area contributed by atoms with Gasteiger partial charge in [-0.1, -0.05) is 13.8 Å². The third-order valence-corrected chi connectivity index (χ3v) is 5.17. The van der Waals surface area contributed by atoms with Crippen molar-refractivity contribution < 1.29 is 9.21 Å². The molecule has 0 radical (unpaired) electrons. The van der Waals surface area contributed by atoms with Gasteiger partial charge in [0.15, 0.2) is 5.69 Å². The number of amides is 1. The first-order valence-electron chi connectivity index (χ1n) is 9.33. The van der Waals surface area contributed by atoms with Gasteiger partial charge >= 0.3 is 0 Å². The van der Waals surface area contributed by atoms with Crippen LogP contribution in [0.15, 0.2) is 33.5 Å². The lowest BCUT2D eigenvalue weighted by molar-refractivity contribution is 0.0732. The summed E-state index contributed by atoms with van der Waals surface area (Å²) in [4.78, 5) is 23.3. The summed E-state index contributed by atoms with van der Waals surface area (Å²) < 4.78 is 8.59. The van der Waals surface area contributed by atoms with E-state index in [9.17, 15) is 4.79 Å². The van der Waals surface area contributed by atoms with Crippen molar-refractivity contribution in [1.29, 1.82) is 0 Å². The topological polar surface area (TPSA) is 77.1 Å². The van der Waals surface area contributed by atoms with Gasteiger partial charge < -0.3 is 9.32 Å². The number of halogens is 1. The Hall–Kier alpha value is -2.48. The zero-order valence-electron chi connectivity index (χ0n) is 16.1. The minimum Gasteiger partial charge on any atom is -0.440 e. The van der Waals surface area contributed by atoms with Crippen LogP contribution in [0.3, 0.4) is 0 Å². The molecule has 3 aromatic rings. The molecule has 0 saturated heterocycles. The van der Waals surface area contributed by atoms with E-state index in [0.717, 1.165) is 40.1 Å². The van der Waals surface area contributed by atoms with Crippen LogP contribution in [0, 0.1) is 12.8 Å². The minimum absolute atomic E-state index is 0.0365. The zero-order chi connectivity index (χ0) is 19.8. The minimum atomic E-state index is -0.0365. The van der Waals surface area contributed by atoms with Gasteiger partial charge in [0.25, 0.3) is 5.91 Å². The van der Waals surface area contributed by atoms with Crippen molar-refractivity contribution >= 4 is 21.8 Å². The van der Waals surface area contributed by atoms with Crippen molar-refractivity contribution in [2.24, 2.45) is 5.92 Å². The van der Waals surface area contributed by atoms with E-state index < -0.39 is 0 Å². The van der Waals surface area contributed by atoms with E-state index in [-0.39, 0.29) is 5.91 Å². The third-order valence-electron chi connectivity index (χ3n) is 4.73. The summed E-state index contributed by atoms with van der Waals surface area (Å²) in [6, 6.07) is 1.80. The van der Waals surface area contributed by atoms with Crippen LogP contribution in [0.25, 0.3) is 11.6 Å². The Bertz CT molecular complexity index is 1020. The highest BCUT2D eigenvalue weighted by Gasteiger charge is 2.30. The maximum Gasteiger partial charge on any atom is 0.255 e. The van der Waals surface area contributed by atoms with Gasteiger partial charge in [-0.25, -0.2) is 4.98 Å². The van der Waals surface area contributed by atoms with E-state index in [0.29, 0.717) is 30.5 Å². The molecule has 0 bridgehead atoms. The fraction of sp³-hybridized carbons (Fsp3) is 0.400. The predicted molar refractivity (Wildman–Crippen MR) is 108 cm³/mol. The molecular formula is C20H22BrN5O2. The van der Waals surface area contributed by atoms with E-state index >= 15 is 0 Å². The van der Waals surface area contributed by atoms with Gasteiger partial charge in [-0.05, 0) is 34.8 Å². The van der Waals surface area contributed by atoms with Crippen molar-refractivity contribution in [2.75, 3.05) is 6.54 Å². The van der Waals surface area contributed by atoms with Crippen molar-refractivity contribution in [1.82, 2.24) is 24.6 Å². The standard InChI is InChI=1S/C20H22BrN5O2/c1-12(2)10-26-17-4-5-25(20(27)14-6-15(21)9-22-8-14)11-16(17)18(24-26)19-23-7-13(3)28-19/h6-9,12H,4-5,10-11H2,1-3H3. The van der Waals surface area contributed by atoms with E-state index in [1.807, 2.05) is 11.8 Å². The molecule has 0 aromatic carbocycles. The average Bonchev–Trinajstić information content (AvgIpc) is 3.24. The molecule has 0 N–H and O–H groups in total. The Labute approximate surface area is 171 Å². The molecule has 28 heavy (non-hydrogen) atoms. The molecule has 1 amide bonds. The van der Waals surface area contributed by atoms with Crippen molar-refractivity contribution in [2.45, 2.75) is 40.3 Å². The average molecular weight is 444 g/mol. The summed E-state index contributed by atoms with van der Waals surface area (Å²) in [6.45, 7) is 8.15. The van der Waals surface area contributed by atoms with Gasteiger partial charge in [0.05, 0.1) is 18.3 Å². The number of aromatic nitrogens is 4. The van der Waals surface area contributed by atoms with Crippen LogP contribution in [-0.2, 0) is 19.5 Å². The maximum absolute atomic E-state index is 13.0. The van der Waals surface area contributed by atoms with Crippen LogP contribution in [0.1, 0.15) is 41.2 Å². The Morgan fingerprint density at radius 2 is 2.14 bits per heavy atom. The summed E-state index contributed by atoms with van der Waals surface area (Å²) in [6.07, 6.45) is 5.72. The number of hydrogen-bond acceptors (Lipinski definition) is 5. The number of pyridine rings is 1. The number of carbonyl (C=O) groups excluding carboxylic acids is 1. The molecule has 146 valence electrons. The lowest BCUT2D eigenvalue weighted by Crippen LogP contribution is -2.36.